The molecule has 0 saturated carbocycles. The summed E-state index contributed by atoms with van der Waals surface area (Å²) in [6, 6.07) is 1.75. The smallest absolute Gasteiger partial charge is 0.321 e. The van der Waals surface area contributed by atoms with Crippen LogP contribution < -0.4 is 5.32 Å². The largest absolute Gasteiger partial charge is 0.391 e. The minimum absolute atomic E-state index is 0.118. The Balaban J connectivity index is 1.90. The monoisotopic (exact) mass is 226 g/mol. The van der Waals surface area contributed by atoms with Crippen molar-refractivity contribution in [3.05, 3.63) is 16.8 Å². The summed E-state index contributed by atoms with van der Waals surface area (Å²) >= 11 is 1.55. The van der Waals surface area contributed by atoms with Gasteiger partial charge in [-0.3, -0.25) is 0 Å². The number of likely N-dealkylation sites (tertiary alicyclic amines) is 1. The van der Waals surface area contributed by atoms with Crippen LogP contribution in [0.2, 0.25) is 0 Å². The summed E-state index contributed by atoms with van der Waals surface area (Å²) in [6.07, 6.45) is 1.30. The molecular weight excluding hydrogens is 212 g/mol. The van der Waals surface area contributed by atoms with Crippen LogP contribution >= 0.6 is 11.3 Å². The zero-order valence-corrected chi connectivity index (χ0v) is 9.17. The van der Waals surface area contributed by atoms with Crippen molar-refractivity contribution in [3.8, 4) is 0 Å². The van der Waals surface area contributed by atoms with E-state index in [1.165, 1.54) is 0 Å². The first kappa shape index (κ1) is 10.4. The highest BCUT2D eigenvalue weighted by Gasteiger charge is 2.21. The van der Waals surface area contributed by atoms with Crippen LogP contribution in [0.5, 0.6) is 0 Å². The summed E-state index contributed by atoms with van der Waals surface area (Å²) in [5.74, 6) is 0. The molecule has 0 aromatic carbocycles. The number of hydrogen-bond acceptors (Lipinski definition) is 3. The molecule has 0 radical (unpaired) electrons. The molecule has 2 rings (SSSR count). The normalized spacial score (nSPS) is 21.4. The van der Waals surface area contributed by atoms with Crippen molar-refractivity contribution < 1.29 is 9.90 Å². The van der Waals surface area contributed by atoms with Gasteiger partial charge in [0.2, 0.25) is 0 Å². The molecule has 82 valence electrons. The topological polar surface area (TPSA) is 52.6 Å². The number of piperidine rings is 1. The van der Waals surface area contributed by atoms with Crippen LogP contribution in [0.4, 0.5) is 10.5 Å². The van der Waals surface area contributed by atoms with E-state index in [0.717, 1.165) is 25.1 Å². The van der Waals surface area contributed by atoms with Gasteiger partial charge in [0, 0.05) is 18.5 Å². The van der Waals surface area contributed by atoms with Crippen LogP contribution in [0.3, 0.4) is 0 Å². The number of aliphatic hydroxyl groups excluding tert-OH is 1. The van der Waals surface area contributed by atoms with Crippen molar-refractivity contribution >= 4 is 23.1 Å². The Labute approximate surface area is 92.5 Å². The van der Waals surface area contributed by atoms with Gasteiger partial charge >= 0.3 is 6.03 Å². The minimum Gasteiger partial charge on any atom is -0.391 e. The SMILES string of the molecule is O=C(Nc1ccsc1)N1CCCC(O)C1. The van der Waals surface area contributed by atoms with E-state index in [1.807, 2.05) is 16.8 Å². The third-order valence-electron chi connectivity index (χ3n) is 2.46. The molecule has 1 atom stereocenters. The van der Waals surface area contributed by atoms with E-state index in [-0.39, 0.29) is 12.1 Å². The summed E-state index contributed by atoms with van der Waals surface area (Å²) in [6.45, 7) is 1.17. The number of hydrogen-bond donors (Lipinski definition) is 2. The Morgan fingerprint density at radius 3 is 3.20 bits per heavy atom. The van der Waals surface area contributed by atoms with Gasteiger partial charge in [-0.05, 0) is 24.3 Å². The predicted octanol–water partition coefficient (Wildman–Crippen LogP) is 1.74. The number of carbonyl (C=O) groups is 1. The van der Waals surface area contributed by atoms with Crippen molar-refractivity contribution in [3.63, 3.8) is 0 Å². The van der Waals surface area contributed by atoms with Crippen molar-refractivity contribution in [1.29, 1.82) is 0 Å². The molecule has 0 bridgehead atoms. The molecule has 0 spiro atoms. The van der Waals surface area contributed by atoms with Gasteiger partial charge < -0.3 is 15.3 Å². The third kappa shape index (κ3) is 2.70. The Hall–Kier alpha value is -1.07. The number of nitrogens with zero attached hydrogens (tertiary/aromatic N) is 1. The molecule has 1 aliphatic heterocycles. The molecule has 2 amide bonds. The highest BCUT2D eigenvalue weighted by Crippen LogP contribution is 2.15. The van der Waals surface area contributed by atoms with E-state index in [1.54, 1.807) is 16.2 Å². The zero-order valence-electron chi connectivity index (χ0n) is 8.35. The molecule has 1 aromatic rings. The van der Waals surface area contributed by atoms with Gasteiger partial charge in [-0.15, -0.1) is 0 Å². The second kappa shape index (κ2) is 4.63. The minimum atomic E-state index is -0.369. The highest BCUT2D eigenvalue weighted by molar-refractivity contribution is 7.08. The first-order chi connectivity index (χ1) is 7.25. The van der Waals surface area contributed by atoms with Gasteiger partial charge in [-0.2, -0.15) is 11.3 Å². The molecule has 1 aromatic heterocycles. The van der Waals surface area contributed by atoms with E-state index in [4.69, 9.17) is 0 Å². The Bertz CT molecular complexity index is 326. The molecule has 2 heterocycles. The van der Waals surface area contributed by atoms with Crippen LogP contribution in [0.25, 0.3) is 0 Å². The third-order valence-corrected chi connectivity index (χ3v) is 3.14. The molecule has 2 N–H and O–H groups in total. The predicted molar refractivity (Wildman–Crippen MR) is 60.2 cm³/mol. The molecule has 4 nitrogen and oxygen atoms in total. The Morgan fingerprint density at radius 1 is 1.67 bits per heavy atom. The molecule has 1 aliphatic rings. The average molecular weight is 226 g/mol. The maximum Gasteiger partial charge on any atom is 0.321 e. The maximum atomic E-state index is 11.7. The number of urea groups is 1. The lowest BCUT2D eigenvalue weighted by atomic mass is 10.1. The lowest BCUT2D eigenvalue weighted by Crippen LogP contribution is -2.44. The zero-order chi connectivity index (χ0) is 10.7. The van der Waals surface area contributed by atoms with Crippen molar-refractivity contribution in [2.45, 2.75) is 18.9 Å². The number of carbonyl (C=O) groups excluding carboxylic acids is 1. The summed E-state index contributed by atoms with van der Waals surface area (Å²) in [5, 5.41) is 16.0. The molecule has 1 unspecified atom stereocenters. The number of β-amino-alcohol motifs (C(OH)–C–C–N with tert-alkyl or cyclic N) is 1. The van der Waals surface area contributed by atoms with Gasteiger partial charge in [0.15, 0.2) is 0 Å². The van der Waals surface area contributed by atoms with E-state index in [2.05, 4.69) is 5.32 Å². The van der Waals surface area contributed by atoms with Crippen LogP contribution in [0, 0.1) is 0 Å². The number of rotatable bonds is 1. The quantitative estimate of drug-likeness (QED) is 0.766. The molecule has 1 fully saturated rings. The number of thiophene rings is 1. The maximum absolute atomic E-state index is 11.7. The van der Waals surface area contributed by atoms with Gasteiger partial charge in [-0.1, -0.05) is 0 Å². The second-order valence-corrected chi connectivity index (χ2v) is 4.46. The van der Waals surface area contributed by atoms with Gasteiger partial charge in [-0.25, -0.2) is 4.79 Å². The van der Waals surface area contributed by atoms with Crippen molar-refractivity contribution in [1.82, 2.24) is 4.90 Å². The lowest BCUT2D eigenvalue weighted by Gasteiger charge is -2.29. The number of amides is 2. The van der Waals surface area contributed by atoms with Gasteiger partial charge in [0.25, 0.3) is 0 Å². The van der Waals surface area contributed by atoms with Crippen LogP contribution in [0.15, 0.2) is 16.8 Å². The van der Waals surface area contributed by atoms with Gasteiger partial charge in [0.1, 0.15) is 0 Å². The fraction of sp³-hybridized carbons (Fsp3) is 0.500. The standard InChI is InChI=1S/C10H14N2O2S/c13-9-2-1-4-12(6-9)10(14)11-8-3-5-15-7-8/h3,5,7,9,13H,1-2,4,6H2,(H,11,14). The van der Waals surface area contributed by atoms with Gasteiger partial charge in [0.05, 0.1) is 11.8 Å². The first-order valence-electron chi connectivity index (χ1n) is 5.02. The summed E-state index contributed by atoms with van der Waals surface area (Å²) < 4.78 is 0. The average Bonchev–Trinajstić information content (AvgIpc) is 2.70. The summed E-state index contributed by atoms with van der Waals surface area (Å²) in [4.78, 5) is 13.4. The second-order valence-electron chi connectivity index (χ2n) is 3.68. The van der Waals surface area contributed by atoms with Crippen molar-refractivity contribution in [2.75, 3.05) is 18.4 Å². The van der Waals surface area contributed by atoms with Crippen LogP contribution in [0.1, 0.15) is 12.8 Å². The van der Waals surface area contributed by atoms with Crippen LogP contribution in [-0.2, 0) is 0 Å². The van der Waals surface area contributed by atoms with E-state index < -0.39 is 0 Å². The molecule has 5 heteroatoms. The fourth-order valence-electron chi connectivity index (χ4n) is 1.68. The number of anilines is 1. The fourth-order valence-corrected chi connectivity index (χ4v) is 2.27. The lowest BCUT2D eigenvalue weighted by molar-refractivity contribution is 0.0883. The van der Waals surface area contributed by atoms with E-state index in [9.17, 15) is 9.90 Å². The molecule has 15 heavy (non-hydrogen) atoms. The van der Waals surface area contributed by atoms with E-state index >= 15 is 0 Å². The number of nitrogens with one attached hydrogen (secondary N) is 1. The Kier molecular flexibility index (Phi) is 3.23. The Morgan fingerprint density at radius 2 is 2.53 bits per heavy atom. The molecular formula is C10H14N2O2S. The number of aliphatic hydroxyl groups is 1. The van der Waals surface area contributed by atoms with Crippen molar-refractivity contribution in [2.24, 2.45) is 0 Å². The summed E-state index contributed by atoms with van der Waals surface area (Å²) in [7, 11) is 0. The highest BCUT2D eigenvalue weighted by atomic mass is 32.1. The van der Waals surface area contributed by atoms with Crippen LogP contribution in [-0.4, -0.2) is 35.2 Å². The molecule has 0 aliphatic carbocycles. The first-order valence-corrected chi connectivity index (χ1v) is 5.96. The van der Waals surface area contributed by atoms with E-state index in [0.29, 0.717) is 6.54 Å². The summed E-state index contributed by atoms with van der Waals surface area (Å²) in [5.41, 5.74) is 0.824. The molecule has 1 saturated heterocycles.